The standard InChI is InChI=1S/C16H23N5/c1-10-6-5-7-12(11(10)2)13-8-14(21-15(17)20-13)19-9-16(3,4)18/h5-8H,9,18H2,1-4H3,(H3,17,19,20,21). The summed E-state index contributed by atoms with van der Waals surface area (Å²) in [5.74, 6) is 0.947. The molecule has 1 aromatic heterocycles. The van der Waals surface area contributed by atoms with Crippen LogP contribution in [-0.2, 0) is 0 Å². The lowest BCUT2D eigenvalue weighted by atomic mass is 10.0. The van der Waals surface area contributed by atoms with Gasteiger partial charge in [-0.2, -0.15) is 4.98 Å². The van der Waals surface area contributed by atoms with Crippen LogP contribution in [0.15, 0.2) is 24.3 Å². The van der Waals surface area contributed by atoms with Gasteiger partial charge in [0.05, 0.1) is 5.69 Å². The highest BCUT2D eigenvalue weighted by Crippen LogP contribution is 2.26. The van der Waals surface area contributed by atoms with Crippen molar-refractivity contribution < 1.29 is 0 Å². The van der Waals surface area contributed by atoms with Crippen LogP contribution in [0, 0.1) is 13.8 Å². The smallest absolute Gasteiger partial charge is 0.222 e. The molecule has 0 saturated carbocycles. The molecule has 21 heavy (non-hydrogen) atoms. The van der Waals surface area contributed by atoms with Gasteiger partial charge in [0.25, 0.3) is 0 Å². The summed E-state index contributed by atoms with van der Waals surface area (Å²) in [6, 6.07) is 8.05. The van der Waals surface area contributed by atoms with Gasteiger partial charge in [-0.3, -0.25) is 0 Å². The molecule has 0 spiro atoms. The van der Waals surface area contributed by atoms with Crippen molar-refractivity contribution >= 4 is 11.8 Å². The number of nitrogens with one attached hydrogen (secondary N) is 1. The first kappa shape index (κ1) is 15.3. The van der Waals surface area contributed by atoms with Gasteiger partial charge in [0.15, 0.2) is 0 Å². The topological polar surface area (TPSA) is 89.8 Å². The first-order valence-electron chi connectivity index (χ1n) is 7.00. The number of aryl methyl sites for hydroxylation is 1. The lowest BCUT2D eigenvalue weighted by Gasteiger charge is -2.19. The van der Waals surface area contributed by atoms with Crippen molar-refractivity contribution in [2.45, 2.75) is 33.2 Å². The SMILES string of the molecule is Cc1cccc(-c2cc(NCC(C)(C)N)nc(N)n2)c1C. The molecular formula is C16H23N5. The Bertz CT molecular complexity index is 644. The Balaban J connectivity index is 2.37. The minimum absolute atomic E-state index is 0.255. The minimum atomic E-state index is -0.320. The molecule has 0 saturated heterocycles. The molecule has 2 rings (SSSR count). The van der Waals surface area contributed by atoms with Gasteiger partial charge < -0.3 is 16.8 Å². The van der Waals surface area contributed by atoms with Crippen LogP contribution in [0.4, 0.5) is 11.8 Å². The van der Waals surface area contributed by atoms with Crippen molar-refractivity contribution in [3.63, 3.8) is 0 Å². The summed E-state index contributed by atoms with van der Waals surface area (Å²) in [7, 11) is 0. The third-order valence-corrected chi connectivity index (χ3v) is 3.35. The highest BCUT2D eigenvalue weighted by Gasteiger charge is 2.12. The van der Waals surface area contributed by atoms with Crippen molar-refractivity contribution in [3.05, 3.63) is 35.4 Å². The second-order valence-electron chi connectivity index (χ2n) is 6.09. The van der Waals surface area contributed by atoms with Gasteiger partial charge in [0, 0.05) is 23.7 Å². The maximum Gasteiger partial charge on any atom is 0.222 e. The molecule has 2 aromatic rings. The summed E-state index contributed by atoms with van der Waals surface area (Å²) in [4.78, 5) is 8.56. The Morgan fingerprint density at radius 2 is 1.90 bits per heavy atom. The van der Waals surface area contributed by atoms with Gasteiger partial charge in [0.1, 0.15) is 5.82 Å². The van der Waals surface area contributed by atoms with E-state index in [-0.39, 0.29) is 11.5 Å². The van der Waals surface area contributed by atoms with Crippen molar-refractivity contribution in [2.24, 2.45) is 5.73 Å². The number of nitrogens with two attached hydrogens (primary N) is 2. The van der Waals surface area contributed by atoms with Crippen LogP contribution < -0.4 is 16.8 Å². The average molecular weight is 285 g/mol. The zero-order valence-electron chi connectivity index (χ0n) is 13.1. The second-order valence-corrected chi connectivity index (χ2v) is 6.09. The van der Waals surface area contributed by atoms with E-state index in [2.05, 4.69) is 35.2 Å². The summed E-state index contributed by atoms with van der Waals surface area (Å²) < 4.78 is 0. The average Bonchev–Trinajstić information content (AvgIpc) is 2.38. The Morgan fingerprint density at radius 3 is 2.57 bits per heavy atom. The third kappa shape index (κ3) is 3.92. The largest absolute Gasteiger partial charge is 0.368 e. The van der Waals surface area contributed by atoms with Crippen LogP contribution in [0.2, 0.25) is 0 Å². The highest BCUT2D eigenvalue weighted by molar-refractivity contribution is 5.68. The fourth-order valence-electron chi connectivity index (χ4n) is 2.04. The molecule has 1 aromatic carbocycles. The number of hydrogen-bond acceptors (Lipinski definition) is 5. The molecule has 0 radical (unpaired) electrons. The summed E-state index contributed by atoms with van der Waals surface area (Å²) >= 11 is 0. The first-order chi connectivity index (χ1) is 9.76. The molecule has 5 heteroatoms. The molecule has 0 aliphatic rings. The Hall–Kier alpha value is -2.14. The fraction of sp³-hybridized carbons (Fsp3) is 0.375. The predicted molar refractivity (Wildman–Crippen MR) is 88.1 cm³/mol. The van der Waals surface area contributed by atoms with E-state index in [1.54, 1.807) is 0 Å². The minimum Gasteiger partial charge on any atom is -0.368 e. The maximum absolute atomic E-state index is 5.98. The molecule has 5 nitrogen and oxygen atoms in total. The van der Waals surface area contributed by atoms with Gasteiger partial charge in [-0.25, -0.2) is 4.98 Å². The number of hydrogen-bond donors (Lipinski definition) is 3. The summed E-state index contributed by atoms with van der Waals surface area (Å²) in [6.07, 6.45) is 0. The molecule has 1 heterocycles. The van der Waals surface area contributed by atoms with E-state index in [1.807, 2.05) is 32.0 Å². The van der Waals surface area contributed by atoms with Crippen molar-refractivity contribution in [3.8, 4) is 11.3 Å². The predicted octanol–water partition coefficient (Wildman–Crippen LogP) is 2.49. The van der Waals surface area contributed by atoms with E-state index in [0.29, 0.717) is 12.4 Å². The summed E-state index contributed by atoms with van der Waals surface area (Å²) in [6.45, 7) is 8.68. The van der Waals surface area contributed by atoms with E-state index in [9.17, 15) is 0 Å². The van der Waals surface area contributed by atoms with Crippen molar-refractivity contribution in [1.29, 1.82) is 0 Å². The molecule has 112 valence electrons. The molecule has 0 amide bonds. The van der Waals surface area contributed by atoms with Crippen LogP contribution in [0.1, 0.15) is 25.0 Å². The Kier molecular flexibility index (Phi) is 4.14. The molecule has 0 aliphatic heterocycles. The fourth-order valence-corrected chi connectivity index (χ4v) is 2.04. The van der Waals surface area contributed by atoms with Gasteiger partial charge in [-0.05, 0) is 38.8 Å². The highest BCUT2D eigenvalue weighted by atomic mass is 15.1. The van der Waals surface area contributed by atoms with Crippen LogP contribution in [0.3, 0.4) is 0 Å². The molecule has 0 unspecified atom stereocenters. The summed E-state index contributed by atoms with van der Waals surface area (Å²) in [5, 5.41) is 3.21. The molecule has 0 aliphatic carbocycles. The first-order valence-corrected chi connectivity index (χ1v) is 7.00. The van der Waals surface area contributed by atoms with Crippen molar-refractivity contribution in [1.82, 2.24) is 9.97 Å². The lowest BCUT2D eigenvalue weighted by molar-refractivity contribution is 0.548. The molecule has 5 N–H and O–H groups in total. The Labute approximate surface area is 125 Å². The van der Waals surface area contributed by atoms with E-state index in [0.717, 1.165) is 11.3 Å². The maximum atomic E-state index is 5.98. The lowest BCUT2D eigenvalue weighted by Crippen LogP contribution is -2.39. The van der Waals surface area contributed by atoms with Gasteiger partial charge >= 0.3 is 0 Å². The molecule has 0 atom stereocenters. The van der Waals surface area contributed by atoms with Crippen LogP contribution in [0.25, 0.3) is 11.3 Å². The van der Waals surface area contributed by atoms with Crippen LogP contribution in [0.5, 0.6) is 0 Å². The number of anilines is 2. The monoisotopic (exact) mass is 285 g/mol. The number of nitrogen functional groups attached to an aromatic ring is 1. The van der Waals surface area contributed by atoms with E-state index in [1.165, 1.54) is 11.1 Å². The Morgan fingerprint density at radius 1 is 1.19 bits per heavy atom. The van der Waals surface area contributed by atoms with Crippen molar-refractivity contribution in [2.75, 3.05) is 17.6 Å². The zero-order chi connectivity index (χ0) is 15.6. The van der Waals surface area contributed by atoms with E-state index < -0.39 is 0 Å². The molecule has 0 bridgehead atoms. The molecule has 0 fully saturated rings. The number of nitrogens with zero attached hydrogens (tertiary/aromatic N) is 2. The number of benzene rings is 1. The number of aromatic nitrogens is 2. The number of rotatable bonds is 4. The third-order valence-electron chi connectivity index (χ3n) is 3.35. The summed E-state index contributed by atoms with van der Waals surface area (Å²) in [5.41, 5.74) is 15.8. The van der Waals surface area contributed by atoms with Gasteiger partial charge in [-0.1, -0.05) is 18.2 Å². The van der Waals surface area contributed by atoms with Crippen LogP contribution >= 0.6 is 0 Å². The normalized spacial score (nSPS) is 11.5. The van der Waals surface area contributed by atoms with Gasteiger partial charge in [0.2, 0.25) is 5.95 Å². The van der Waals surface area contributed by atoms with Crippen LogP contribution in [-0.4, -0.2) is 22.1 Å². The van der Waals surface area contributed by atoms with Gasteiger partial charge in [-0.15, -0.1) is 0 Å². The second kappa shape index (κ2) is 5.69. The molecular weight excluding hydrogens is 262 g/mol. The van der Waals surface area contributed by atoms with E-state index in [4.69, 9.17) is 11.5 Å². The van der Waals surface area contributed by atoms with E-state index >= 15 is 0 Å². The quantitative estimate of drug-likeness (QED) is 0.803. The zero-order valence-corrected chi connectivity index (χ0v) is 13.1.